The molecule has 0 fully saturated rings. The zero-order valence-corrected chi connectivity index (χ0v) is 13.8. The fourth-order valence-electron chi connectivity index (χ4n) is 2.26. The molecule has 9 nitrogen and oxygen atoms in total. The summed E-state index contributed by atoms with van der Waals surface area (Å²) in [6.45, 7) is 0. The number of hydrogen-bond acceptors (Lipinski definition) is 5. The molecule has 0 unspecified atom stereocenters. The normalized spacial score (nSPS) is 11.4. The Morgan fingerprint density at radius 1 is 1.12 bits per heavy atom. The average Bonchev–Trinajstić information content (AvgIpc) is 2.83. The third-order valence-electron chi connectivity index (χ3n) is 3.48. The van der Waals surface area contributed by atoms with Crippen LogP contribution in [0.3, 0.4) is 0 Å². The molecule has 0 saturated heterocycles. The van der Waals surface area contributed by atoms with E-state index >= 15 is 0 Å². The van der Waals surface area contributed by atoms with Gasteiger partial charge in [-0.05, 0) is 36.4 Å². The number of benzene rings is 2. The summed E-state index contributed by atoms with van der Waals surface area (Å²) < 4.78 is 33.6. The highest BCUT2D eigenvalue weighted by Crippen LogP contribution is 2.21. The predicted octanol–water partition coefficient (Wildman–Crippen LogP) is 1.42. The molecule has 1 heterocycles. The number of fused-ring (bicyclic) bond motifs is 1. The number of carbonyl (C=O) groups is 1. The van der Waals surface area contributed by atoms with Crippen LogP contribution in [0.4, 0.5) is 16.2 Å². The number of aryl methyl sites for hydroxylation is 1. The summed E-state index contributed by atoms with van der Waals surface area (Å²) in [7, 11) is -2.35. The highest BCUT2D eigenvalue weighted by molar-refractivity contribution is 7.92. The number of nitrogens with one attached hydrogen (secondary N) is 2. The first-order valence-corrected chi connectivity index (χ1v) is 8.53. The summed E-state index contributed by atoms with van der Waals surface area (Å²) in [5.74, 6) is -0.574. The fraction of sp³-hybridized carbons (Fsp3) is 0.0667. The molecule has 0 bridgehead atoms. The molecule has 0 spiro atoms. The Kier molecular flexibility index (Phi) is 3.97. The van der Waals surface area contributed by atoms with Gasteiger partial charge >= 0.3 is 11.8 Å². The van der Waals surface area contributed by atoms with Gasteiger partial charge in [0, 0.05) is 24.5 Å². The number of anilines is 2. The van der Waals surface area contributed by atoms with Gasteiger partial charge in [-0.15, -0.1) is 0 Å². The van der Waals surface area contributed by atoms with Crippen LogP contribution in [0.25, 0.3) is 11.1 Å². The van der Waals surface area contributed by atoms with E-state index in [2.05, 4.69) is 10.0 Å². The second kappa shape index (κ2) is 5.98. The lowest BCUT2D eigenvalue weighted by molar-refractivity contribution is 0.259. The predicted molar refractivity (Wildman–Crippen MR) is 91.9 cm³/mol. The molecule has 3 rings (SSSR count). The number of urea groups is 1. The van der Waals surface area contributed by atoms with E-state index in [9.17, 15) is 18.0 Å². The van der Waals surface area contributed by atoms with E-state index in [4.69, 9.17) is 10.2 Å². The average molecular weight is 362 g/mol. The van der Waals surface area contributed by atoms with Gasteiger partial charge in [-0.3, -0.25) is 9.29 Å². The zero-order valence-electron chi connectivity index (χ0n) is 13.0. The lowest BCUT2D eigenvalue weighted by atomic mass is 10.3. The summed E-state index contributed by atoms with van der Waals surface area (Å²) in [5.41, 5.74) is 6.40. The molecule has 0 radical (unpaired) electrons. The van der Waals surface area contributed by atoms with Crippen molar-refractivity contribution in [3.63, 3.8) is 0 Å². The number of nitrogens with two attached hydrogens (primary N) is 1. The molecular weight excluding hydrogens is 348 g/mol. The summed E-state index contributed by atoms with van der Waals surface area (Å²) in [6.07, 6.45) is 0. The molecule has 0 aliphatic rings. The summed E-state index contributed by atoms with van der Waals surface area (Å²) in [5, 5.41) is 2.37. The second-order valence-electron chi connectivity index (χ2n) is 5.23. The van der Waals surface area contributed by atoms with Gasteiger partial charge in [-0.1, -0.05) is 0 Å². The molecule has 0 atom stereocenters. The van der Waals surface area contributed by atoms with Crippen LogP contribution in [0.5, 0.6) is 0 Å². The van der Waals surface area contributed by atoms with E-state index in [0.29, 0.717) is 16.9 Å². The number of carbonyl (C=O) groups excluding carboxylic acids is 1. The Bertz CT molecular complexity index is 1110. The number of primary amides is 1. The molecule has 130 valence electrons. The highest BCUT2D eigenvalue weighted by atomic mass is 32.2. The van der Waals surface area contributed by atoms with Gasteiger partial charge in [0.25, 0.3) is 10.0 Å². The summed E-state index contributed by atoms with van der Waals surface area (Å²) in [6, 6.07) is 9.39. The first kappa shape index (κ1) is 16.6. The minimum atomic E-state index is -3.88. The van der Waals surface area contributed by atoms with Crippen LogP contribution >= 0.6 is 0 Å². The number of amides is 2. The van der Waals surface area contributed by atoms with Crippen molar-refractivity contribution in [2.75, 3.05) is 10.0 Å². The molecule has 1 aromatic heterocycles. The van der Waals surface area contributed by atoms with E-state index in [-0.39, 0.29) is 10.5 Å². The van der Waals surface area contributed by atoms with Gasteiger partial charge in [-0.25, -0.2) is 18.0 Å². The van der Waals surface area contributed by atoms with Gasteiger partial charge in [-0.2, -0.15) is 0 Å². The molecule has 2 aromatic carbocycles. The van der Waals surface area contributed by atoms with Gasteiger partial charge in [0.2, 0.25) is 0 Å². The van der Waals surface area contributed by atoms with E-state index in [1.165, 1.54) is 54.1 Å². The van der Waals surface area contributed by atoms with Gasteiger partial charge in [0.15, 0.2) is 5.58 Å². The quantitative estimate of drug-likeness (QED) is 0.645. The number of sulfonamides is 1. The van der Waals surface area contributed by atoms with Crippen LogP contribution in [0.2, 0.25) is 0 Å². The van der Waals surface area contributed by atoms with Crippen LogP contribution in [-0.4, -0.2) is 19.0 Å². The number of hydrogen-bond donors (Lipinski definition) is 3. The Morgan fingerprint density at radius 3 is 2.40 bits per heavy atom. The largest absolute Gasteiger partial charge is 0.419 e. The van der Waals surface area contributed by atoms with Crippen molar-refractivity contribution in [3.05, 3.63) is 53.0 Å². The van der Waals surface area contributed by atoms with Crippen molar-refractivity contribution in [1.29, 1.82) is 0 Å². The Morgan fingerprint density at radius 2 is 1.76 bits per heavy atom. The lowest BCUT2D eigenvalue weighted by Gasteiger charge is -2.09. The Labute approximate surface area is 142 Å². The van der Waals surface area contributed by atoms with Crippen molar-refractivity contribution in [1.82, 2.24) is 4.57 Å². The van der Waals surface area contributed by atoms with Crippen molar-refractivity contribution in [3.8, 4) is 0 Å². The van der Waals surface area contributed by atoms with Gasteiger partial charge in [0.1, 0.15) is 0 Å². The van der Waals surface area contributed by atoms with Crippen LogP contribution in [0, 0.1) is 0 Å². The van der Waals surface area contributed by atoms with E-state index in [1.807, 2.05) is 0 Å². The molecule has 0 aliphatic carbocycles. The van der Waals surface area contributed by atoms with Crippen molar-refractivity contribution in [2.45, 2.75) is 4.90 Å². The minimum absolute atomic E-state index is 0.0475. The number of rotatable bonds is 4. The van der Waals surface area contributed by atoms with Crippen LogP contribution in [0.15, 0.2) is 56.6 Å². The number of aromatic nitrogens is 1. The van der Waals surface area contributed by atoms with Crippen molar-refractivity contribution >= 4 is 38.5 Å². The Balaban J connectivity index is 1.88. The molecule has 4 N–H and O–H groups in total. The monoisotopic (exact) mass is 362 g/mol. The summed E-state index contributed by atoms with van der Waals surface area (Å²) in [4.78, 5) is 22.2. The molecule has 10 heteroatoms. The van der Waals surface area contributed by atoms with Gasteiger partial charge in [0.05, 0.1) is 10.4 Å². The maximum Gasteiger partial charge on any atom is 0.419 e. The molecule has 0 aliphatic heterocycles. The number of nitrogens with zero attached hydrogens (tertiary/aromatic N) is 1. The fourth-order valence-corrected chi connectivity index (χ4v) is 3.33. The number of oxazole rings is 1. The maximum absolute atomic E-state index is 12.5. The minimum Gasteiger partial charge on any atom is -0.408 e. The SMILES string of the molecule is Cn1c(=O)oc2cc(S(=O)(=O)Nc3ccc(NC(N)=O)cc3)ccc21. The summed E-state index contributed by atoms with van der Waals surface area (Å²) >= 11 is 0. The van der Waals surface area contributed by atoms with E-state index in [0.717, 1.165) is 0 Å². The molecule has 25 heavy (non-hydrogen) atoms. The van der Waals surface area contributed by atoms with Gasteiger partial charge < -0.3 is 15.5 Å². The topological polar surface area (TPSA) is 136 Å². The smallest absolute Gasteiger partial charge is 0.408 e. The lowest BCUT2D eigenvalue weighted by Crippen LogP contribution is -2.19. The molecule has 2 amide bonds. The molecular formula is C15H14N4O5S. The first-order valence-electron chi connectivity index (χ1n) is 7.05. The van der Waals surface area contributed by atoms with Crippen LogP contribution in [-0.2, 0) is 17.1 Å². The third-order valence-corrected chi connectivity index (χ3v) is 4.86. The Hall–Kier alpha value is -3.27. The zero-order chi connectivity index (χ0) is 18.2. The van der Waals surface area contributed by atoms with E-state index in [1.54, 1.807) is 0 Å². The van der Waals surface area contributed by atoms with Crippen molar-refractivity contribution < 1.29 is 17.6 Å². The molecule has 0 saturated carbocycles. The standard InChI is InChI=1S/C15H14N4O5S/c1-19-12-7-6-11(8-13(12)24-15(19)21)25(22,23)18-10-4-2-9(3-5-10)17-14(16)20/h2-8,18H,1H3,(H3,16,17,20). The second-order valence-corrected chi connectivity index (χ2v) is 6.91. The van der Waals surface area contributed by atoms with Crippen LogP contribution in [0.1, 0.15) is 0 Å². The molecule has 3 aromatic rings. The maximum atomic E-state index is 12.5. The first-order chi connectivity index (χ1) is 11.8. The highest BCUT2D eigenvalue weighted by Gasteiger charge is 2.17. The van der Waals surface area contributed by atoms with E-state index < -0.39 is 21.8 Å². The third kappa shape index (κ3) is 3.33. The van der Waals surface area contributed by atoms with Crippen LogP contribution < -0.4 is 21.5 Å². The van der Waals surface area contributed by atoms with Crippen molar-refractivity contribution in [2.24, 2.45) is 12.8 Å².